The van der Waals surface area contributed by atoms with E-state index in [2.05, 4.69) is 5.32 Å². The first-order valence-electron chi connectivity index (χ1n) is 6.87. The molecule has 0 saturated heterocycles. The van der Waals surface area contributed by atoms with Crippen molar-refractivity contribution in [2.45, 2.75) is 32.8 Å². The number of nitro benzene ring substituents is 1. The van der Waals surface area contributed by atoms with E-state index in [0.29, 0.717) is 30.9 Å². The Morgan fingerprint density at radius 2 is 2.20 bits per heavy atom. The lowest BCUT2D eigenvalue weighted by Crippen LogP contribution is -2.23. The summed E-state index contributed by atoms with van der Waals surface area (Å²) < 4.78 is 0. The first kappa shape index (κ1) is 16.2. The van der Waals surface area contributed by atoms with Crippen LogP contribution in [-0.2, 0) is 0 Å². The standard InChI is InChI=1S/C14H23N3O3/c1-4-9-15-12-6-5-7-13(14(12)17(19)20)16(3)10-8-11(2)18/h5-7,11,15,18H,4,8-10H2,1-3H3. The van der Waals surface area contributed by atoms with E-state index in [-0.39, 0.29) is 10.6 Å². The minimum Gasteiger partial charge on any atom is -0.393 e. The molecule has 1 unspecified atom stereocenters. The van der Waals surface area contributed by atoms with Crippen LogP contribution in [0.1, 0.15) is 26.7 Å². The van der Waals surface area contributed by atoms with Crippen LogP contribution in [0.15, 0.2) is 18.2 Å². The van der Waals surface area contributed by atoms with E-state index in [1.807, 2.05) is 11.8 Å². The van der Waals surface area contributed by atoms with Gasteiger partial charge in [-0.05, 0) is 31.9 Å². The van der Waals surface area contributed by atoms with E-state index >= 15 is 0 Å². The highest BCUT2D eigenvalue weighted by atomic mass is 16.6. The normalized spacial score (nSPS) is 12.0. The number of nitro groups is 1. The van der Waals surface area contributed by atoms with Crippen LogP contribution in [0.3, 0.4) is 0 Å². The second-order valence-electron chi connectivity index (χ2n) is 4.92. The number of para-hydroxylation sites is 1. The molecular weight excluding hydrogens is 258 g/mol. The maximum absolute atomic E-state index is 11.3. The van der Waals surface area contributed by atoms with Gasteiger partial charge in [0.2, 0.25) is 0 Å². The van der Waals surface area contributed by atoms with Gasteiger partial charge in [0.1, 0.15) is 11.4 Å². The van der Waals surface area contributed by atoms with Gasteiger partial charge in [-0.15, -0.1) is 0 Å². The minimum atomic E-state index is -0.419. The second-order valence-corrected chi connectivity index (χ2v) is 4.92. The predicted molar refractivity (Wildman–Crippen MR) is 81.4 cm³/mol. The number of nitrogens with zero attached hydrogens (tertiary/aromatic N) is 2. The summed E-state index contributed by atoms with van der Waals surface area (Å²) in [6, 6.07) is 5.26. The Balaban J connectivity index is 3.02. The van der Waals surface area contributed by atoms with Crippen molar-refractivity contribution in [3.05, 3.63) is 28.3 Å². The predicted octanol–water partition coefficient (Wildman–Crippen LogP) is 2.62. The SMILES string of the molecule is CCCNc1cccc(N(C)CCC(C)O)c1[N+](=O)[O-]. The number of anilines is 2. The number of benzene rings is 1. The molecule has 0 aliphatic heterocycles. The van der Waals surface area contributed by atoms with E-state index in [4.69, 9.17) is 0 Å². The van der Waals surface area contributed by atoms with E-state index in [9.17, 15) is 15.2 Å². The largest absolute Gasteiger partial charge is 0.393 e. The lowest BCUT2D eigenvalue weighted by atomic mass is 10.2. The lowest BCUT2D eigenvalue weighted by molar-refractivity contribution is -0.383. The molecule has 0 heterocycles. The van der Waals surface area contributed by atoms with E-state index < -0.39 is 6.10 Å². The third-order valence-electron chi connectivity index (χ3n) is 3.06. The highest BCUT2D eigenvalue weighted by Gasteiger charge is 2.22. The molecule has 6 heteroatoms. The molecule has 0 aromatic heterocycles. The Hall–Kier alpha value is -1.82. The molecule has 0 amide bonds. The van der Waals surface area contributed by atoms with Crippen molar-refractivity contribution in [2.24, 2.45) is 0 Å². The highest BCUT2D eigenvalue weighted by Crippen LogP contribution is 2.35. The number of rotatable bonds is 8. The quantitative estimate of drug-likeness (QED) is 0.565. The molecule has 1 aromatic rings. The summed E-state index contributed by atoms with van der Waals surface area (Å²) in [4.78, 5) is 12.8. The molecule has 1 aromatic carbocycles. The van der Waals surface area contributed by atoms with Crippen LogP contribution in [0.25, 0.3) is 0 Å². The Kier molecular flexibility index (Phi) is 6.24. The minimum absolute atomic E-state index is 0.0917. The molecule has 2 N–H and O–H groups in total. The molecule has 0 aliphatic carbocycles. The molecular formula is C14H23N3O3. The summed E-state index contributed by atoms with van der Waals surface area (Å²) in [5.41, 5.74) is 1.20. The molecule has 0 bridgehead atoms. The maximum Gasteiger partial charge on any atom is 0.315 e. The van der Waals surface area contributed by atoms with Crippen molar-refractivity contribution < 1.29 is 10.0 Å². The van der Waals surface area contributed by atoms with Crippen molar-refractivity contribution >= 4 is 17.1 Å². The summed E-state index contributed by atoms with van der Waals surface area (Å²) in [5.74, 6) is 0. The van der Waals surface area contributed by atoms with Crippen LogP contribution >= 0.6 is 0 Å². The Morgan fingerprint density at radius 1 is 1.50 bits per heavy atom. The Labute approximate surface area is 119 Å². The van der Waals surface area contributed by atoms with Crippen LogP contribution in [0.2, 0.25) is 0 Å². The first-order chi connectivity index (χ1) is 9.47. The zero-order valence-corrected chi connectivity index (χ0v) is 12.3. The van der Waals surface area contributed by atoms with E-state index in [1.54, 1.807) is 32.2 Å². The van der Waals surface area contributed by atoms with E-state index in [1.165, 1.54) is 0 Å². The smallest absolute Gasteiger partial charge is 0.315 e. The third-order valence-corrected chi connectivity index (χ3v) is 3.06. The van der Waals surface area contributed by atoms with Gasteiger partial charge in [-0.2, -0.15) is 0 Å². The van der Waals surface area contributed by atoms with Crippen molar-refractivity contribution in [3.63, 3.8) is 0 Å². The average molecular weight is 281 g/mol. The highest BCUT2D eigenvalue weighted by molar-refractivity contribution is 5.76. The summed E-state index contributed by atoms with van der Waals surface area (Å²) in [6.07, 6.45) is 1.05. The molecule has 20 heavy (non-hydrogen) atoms. The molecule has 112 valence electrons. The van der Waals surface area contributed by atoms with Gasteiger partial charge in [-0.25, -0.2) is 0 Å². The zero-order valence-electron chi connectivity index (χ0n) is 12.3. The number of nitrogens with one attached hydrogen (secondary N) is 1. The topological polar surface area (TPSA) is 78.6 Å². The molecule has 1 rings (SSSR count). The zero-order chi connectivity index (χ0) is 15.1. The molecule has 0 aliphatic rings. The summed E-state index contributed by atoms with van der Waals surface area (Å²) in [7, 11) is 1.80. The van der Waals surface area contributed by atoms with E-state index in [0.717, 1.165) is 6.42 Å². The van der Waals surface area contributed by atoms with Crippen LogP contribution in [0.5, 0.6) is 0 Å². The van der Waals surface area contributed by atoms with Gasteiger partial charge in [0.25, 0.3) is 0 Å². The van der Waals surface area contributed by atoms with Crippen LogP contribution < -0.4 is 10.2 Å². The van der Waals surface area contributed by atoms with Crippen molar-refractivity contribution in [3.8, 4) is 0 Å². The maximum atomic E-state index is 11.3. The van der Waals surface area contributed by atoms with Crippen LogP contribution in [-0.4, -0.2) is 36.3 Å². The van der Waals surface area contributed by atoms with Crippen molar-refractivity contribution in [2.75, 3.05) is 30.4 Å². The van der Waals surface area contributed by atoms with Crippen molar-refractivity contribution in [1.82, 2.24) is 0 Å². The number of aliphatic hydroxyl groups is 1. The Bertz CT molecular complexity index is 449. The molecule has 0 fully saturated rings. The molecule has 6 nitrogen and oxygen atoms in total. The van der Waals surface area contributed by atoms with Gasteiger partial charge >= 0.3 is 5.69 Å². The average Bonchev–Trinajstić information content (AvgIpc) is 2.41. The fraction of sp³-hybridized carbons (Fsp3) is 0.571. The molecule has 0 saturated carbocycles. The second kappa shape index (κ2) is 7.69. The van der Waals surface area contributed by atoms with Gasteiger partial charge < -0.3 is 15.3 Å². The van der Waals surface area contributed by atoms with Gasteiger partial charge in [-0.1, -0.05) is 13.0 Å². The monoisotopic (exact) mass is 281 g/mol. The summed E-state index contributed by atoms with van der Waals surface area (Å²) >= 11 is 0. The Morgan fingerprint density at radius 3 is 2.75 bits per heavy atom. The fourth-order valence-electron chi connectivity index (χ4n) is 1.93. The summed E-state index contributed by atoms with van der Waals surface area (Å²) in [5, 5.41) is 23.7. The number of hydrogen-bond donors (Lipinski definition) is 2. The van der Waals surface area contributed by atoms with Gasteiger partial charge in [0.15, 0.2) is 0 Å². The summed E-state index contributed by atoms with van der Waals surface area (Å²) in [6.45, 7) is 4.98. The number of hydrogen-bond acceptors (Lipinski definition) is 5. The van der Waals surface area contributed by atoms with Crippen LogP contribution in [0, 0.1) is 10.1 Å². The fourth-order valence-corrected chi connectivity index (χ4v) is 1.93. The van der Waals surface area contributed by atoms with Gasteiger partial charge in [0, 0.05) is 20.1 Å². The van der Waals surface area contributed by atoms with Crippen molar-refractivity contribution in [1.29, 1.82) is 0 Å². The molecule has 0 spiro atoms. The van der Waals surface area contributed by atoms with Crippen LogP contribution in [0.4, 0.5) is 17.1 Å². The van der Waals surface area contributed by atoms with Gasteiger partial charge in [0.05, 0.1) is 11.0 Å². The third kappa shape index (κ3) is 4.38. The lowest BCUT2D eigenvalue weighted by Gasteiger charge is -2.21. The molecule has 0 radical (unpaired) electrons. The van der Waals surface area contributed by atoms with Gasteiger partial charge in [-0.3, -0.25) is 10.1 Å². The first-order valence-corrected chi connectivity index (χ1v) is 6.87. The molecule has 1 atom stereocenters. The number of aliphatic hydroxyl groups excluding tert-OH is 1.